The van der Waals surface area contributed by atoms with Crippen LogP contribution in [0.25, 0.3) is 0 Å². The van der Waals surface area contributed by atoms with Crippen molar-refractivity contribution in [2.24, 2.45) is 0 Å². The Morgan fingerprint density at radius 1 is 0.730 bits per heavy atom. The fourth-order valence-corrected chi connectivity index (χ4v) is 5.14. The quantitative estimate of drug-likeness (QED) is 0.262. The van der Waals surface area contributed by atoms with Crippen LogP contribution in [0.15, 0.2) is 114 Å². The van der Waals surface area contributed by atoms with Crippen molar-refractivity contribution >= 4 is 27.3 Å². The number of nitrogens with one attached hydrogen (secondary N) is 1. The van der Waals surface area contributed by atoms with Crippen LogP contribution in [0.2, 0.25) is 0 Å². The first-order chi connectivity index (χ1) is 18.0. The summed E-state index contributed by atoms with van der Waals surface area (Å²) in [7, 11) is -3.73. The van der Waals surface area contributed by atoms with Gasteiger partial charge in [-0.25, -0.2) is 8.42 Å². The van der Waals surface area contributed by atoms with E-state index in [9.17, 15) is 13.2 Å². The van der Waals surface area contributed by atoms with Gasteiger partial charge in [0, 0.05) is 17.8 Å². The summed E-state index contributed by atoms with van der Waals surface area (Å²) in [6.45, 7) is 2.85. The largest absolute Gasteiger partial charge is 0.490 e. The van der Waals surface area contributed by atoms with Crippen LogP contribution in [0.1, 0.15) is 17.3 Å². The molecule has 0 aliphatic rings. The van der Waals surface area contributed by atoms with Gasteiger partial charge in [-0.1, -0.05) is 36.4 Å². The number of amides is 1. The van der Waals surface area contributed by atoms with Crippen molar-refractivity contribution in [1.29, 1.82) is 0 Å². The molecule has 0 aromatic heterocycles. The van der Waals surface area contributed by atoms with Gasteiger partial charge < -0.3 is 14.8 Å². The lowest BCUT2D eigenvalue weighted by atomic mass is 10.2. The van der Waals surface area contributed by atoms with Gasteiger partial charge in [0.1, 0.15) is 24.7 Å². The molecule has 1 amide bonds. The highest BCUT2D eigenvalue weighted by atomic mass is 32.2. The predicted octanol–water partition coefficient (Wildman–Crippen LogP) is 5.61. The molecule has 0 saturated carbocycles. The molecule has 0 heterocycles. The number of carbonyl (C=O) groups is 1. The van der Waals surface area contributed by atoms with Crippen LogP contribution in [-0.2, 0) is 10.0 Å². The zero-order valence-electron chi connectivity index (χ0n) is 20.4. The Kier molecular flexibility index (Phi) is 8.43. The lowest BCUT2D eigenvalue weighted by Gasteiger charge is -2.23. The average molecular weight is 517 g/mol. The monoisotopic (exact) mass is 516 g/mol. The van der Waals surface area contributed by atoms with E-state index in [1.807, 2.05) is 36.4 Å². The number of para-hydroxylation sites is 2. The summed E-state index contributed by atoms with van der Waals surface area (Å²) < 4.78 is 38.9. The minimum absolute atomic E-state index is 0.147. The minimum Gasteiger partial charge on any atom is -0.490 e. The zero-order valence-corrected chi connectivity index (χ0v) is 21.2. The first-order valence-corrected chi connectivity index (χ1v) is 13.3. The molecule has 8 heteroatoms. The maximum Gasteiger partial charge on any atom is 0.264 e. The third kappa shape index (κ3) is 6.68. The Hall–Kier alpha value is -4.30. The maximum atomic E-state index is 13.1. The second-order valence-electron chi connectivity index (χ2n) is 8.02. The molecule has 7 nitrogen and oxygen atoms in total. The SMILES string of the molecule is CCN(c1ccccc1)S(=O)(=O)c1ccc(NC(=O)c2ccc(OCCOc3ccccc3)cc2)cc1. The first kappa shape index (κ1) is 25.8. The first-order valence-electron chi connectivity index (χ1n) is 11.9. The molecule has 0 fully saturated rings. The minimum atomic E-state index is -3.73. The smallest absolute Gasteiger partial charge is 0.264 e. The molecule has 1 N–H and O–H groups in total. The van der Waals surface area contributed by atoms with Gasteiger partial charge in [-0.05, 0) is 79.7 Å². The molecule has 0 bridgehead atoms. The van der Waals surface area contributed by atoms with Crippen LogP contribution in [-0.4, -0.2) is 34.1 Å². The van der Waals surface area contributed by atoms with Crippen molar-refractivity contribution < 1.29 is 22.7 Å². The third-order valence-electron chi connectivity index (χ3n) is 5.51. The number of benzene rings is 4. The summed E-state index contributed by atoms with van der Waals surface area (Å²) in [5.74, 6) is 1.10. The fourth-order valence-electron chi connectivity index (χ4n) is 3.66. The number of sulfonamides is 1. The molecule has 4 rings (SSSR count). The number of carbonyl (C=O) groups excluding carboxylic acids is 1. The molecule has 0 radical (unpaired) electrons. The molecule has 4 aromatic rings. The average Bonchev–Trinajstić information content (AvgIpc) is 2.93. The molecule has 4 aromatic carbocycles. The van der Waals surface area contributed by atoms with E-state index >= 15 is 0 Å². The van der Waals surface area contributed by atoms with Gasteiger partial charge in [0.25, 0.3) is 15.9 Å². The summed E-state index contributed by atoms with van der Waals surface area (Å²) in [4.78, 5) is 12.8. The normalized spacial score (nSPS) is 10.9. The summed E-state index contributed by atoms with van der Waals surface area (Å²) in [6, 6.07) is 31.3. The molecular weight excluding hydrogens is 488 g/mol. The lowest BCUT2D eigenvalue weighted by molar-refractivity contribution is 0.102. The highest BCUT2D eigenvalue weighted by Gasteiger charge is 2.23. The van der Waals surface area contributed by atoms with Crippen LogP contribution < -0.4 is 19.1 Å². The van der Waals surface area contributed by atoms with E-state index < -0.39 is 10.0 Å². The van der Waals surface area contributed by atoms with Crippen molar-refractivity contribution in [3.8, 4) is 11.5 Å². The van der Waals surface area contributed by atoms with Crippen molar-refractivity contribution in [2.75, 3.05) is 29.4 Å². The number of rotatable bonds is 11. The van der Waals surface area contributed by atoms with Crippen LogP contribution >= 0.6 is 0 Å². The summed E-state index contributed by atoms with van der Waals surface area (Å²) >= 11 is 0. The summed E-state index contributed by atoms with van der Waals surface area (Å²) in [6.07, 6.45) is 0. The zero-order chi connectivity index (χ0) is 26.1. The van der Waals surface area contributed by atoms with Crippen LogP contribution in [0, 0.1) is 0 Å². The molecule has 0 aliphatic carbocycles. The van der Waals surface area contributed by atoms with E-state index in [2.05, 4.69) is 5.32 Å². The van der Waals surface area contributed by atoms with E-state index in [1.54, 1.807) is 67.6 Å². The Morgan fingerprint density at radius 2 is 1.27 bits per heavy atom. The summed E-state index contributed by atoms with van der Waals surface area (Å²) in [5, 5.41) is 2.79. The standard InChI is InChI=1S/C29H28N2O5S/c1-2-31(25-9-5-3-6-10-25)37(33,34)28-19-15-24(16-20-28)30-29(32)23-13-17-27(18-14-23)36-22-21-35-26-11-7-4-8-12-26/h3-20H,2,21-22H2,1H3,(H,30,32). The highest BCUT2D eigenvalue weighted by Crippen LogP contribution is 2.24. The van der Waals surface area contributed by atoms with Crippen LogP contribution in [0.5, 0.6) is 11.5 Å². The Bertz CT molecular complexity index is 1390. The number of hydrogen-bond acceptors (Lipinski definition) is 5. The van der Waals surface area contributed by atoms with E-state index in [-0.39, 0.29) is 10.8 Å². The molecule has 0 spiro atoms. The van der Waals surface area contributed by atoms with E-state index in [0.717, 1.165) is 5.75 Å². The molecule has 0 saturated heterocycles. The van der Waals surface area contributed by atoms with Crippen molar-refractivity contribution in [1.82, 2.24) is 0 Å². The van der Waals surface area contributed by atoms with Gasteiger partial charge >= 0.3 is 0 Å². The van der Waals surface area contributed by atoms with E-state index in [0.29, 0.717) is 42.4 Å². The van der Waals surface area contributed by atoms with Gasteiger partial charge in [0.2, 0.25) is 0 Å². The highest BCUT2D eigenvalue weighted by molar-refractivity contribution is 7.92. The second kappa shape index (κ2) is 12.1. The third-order valence-corrected chi connectivity index (χ3v) is 7.43. The molecule has 0 atom stereocenters. The molecule has 190 valence electrons. The molecule has 0 unspecified atom stereocenters. The Labute approximate surface area is 217 Å². The van der Waals surface area contributed by atoms with E-state index in [1.165, 1.54) is 16.4 Å². The van der Waals surface area contributed by atoms with Crippen LogP contribution in [0.3, 0.4) is 0 Å². The van der Waals surface area contributed by atoms with Crippen molar-refractivity contribution in [2.45, 2.75) is 11.8 Å². The van der Waals surface area contributed by atoms with Gasteiger partial charge in [-0.3, -0.25) is 9.10 Å². The Morgan fingerprint density at radius 3 is 1.84 bits per heavy atom. The number of nitrogens with zero attached hydrogens (tertiary/aromatic N) is 1. The summed E-state index contributed by atoms with van der Waals surface area (Å²) in [5.41, 5.74) is 1.54. The second-order valence-corrected chi connectivity index (χ2v) is 9.88. The van der Waals surface area contributed by atoms with Crippen molar-refractivity contribution in [3.05, 3.63) is 115 Å². The van der Waals surface area contributed by atoms with Gasteiger partial charge in [0.05, 0.1) is 10.6 Å². The Balaban J connectivity index is 1.32. The van der Waals surface area contributed by atoms with Gasteiger partial charge in [-0.15, -0.1) is 0 Å². The predicted molar refractivity (Wildman–Crippen MR) is 145 cm³/mol. The number of anilines is 2. The van der Waals surface area contributed by atoms with Gasteiger partial charge in [0.15, 0.2) is 0 Å². The number of hydrogen-bond donors (Lipinski definition) is 1. The molecular formula is C29H28N2O5S. The maximum absolute atomic E-state index is 13.1. The topological polar surface area (TPSA) is 84.9 Å². The van der Waals surface area contributed by atoms with Gasteiger partial charge in [-0.2, -0.15) is 0 Å². The molecule has 37 heavy (non-hydrogen) atoms. The fraction of sp³-hybridized carbons (Fsp3) is 0.138. The van der Waals surface area contributed by atoms with E-state index in [4.69, 9.17) is 9.47 Å². The number of ether oxygens (including phenoxy) is 2. The van der Waals surface area contributed by atoms with Crippen LogP contribution in [0.4, 0.5) is 11.4 Å². The van der Waals surface area contributed by atoms with Crippen molar-refractivity contribution in [3.63, 3.8) is 0 Å². The lowest BCUT2D eigenvalue weighted by Crippen LogP contribution is -2.30. The molecule has 0 aliphatic heterocycles.